The van der Waals surface area contributed by atoms with Crippen LogP contribution in [0.2, 0.25) is 5.02 Å². The fraction of sp³-hybridized carbons (Fsp3) is 0.435. The van der Waals surface area contributed by atoms with Gasteiger partial charge in [0.1, 0.15) is 5.82 Å². The number of rotatable bonds is 5. The third-order valence-corrected chi connectivity index (χ3v) is 6.74. The van der Waals surface area contributed by atoms with Crippen molar-refractivity contribution in [1.29, 1.82) is 0 Å². The van der Waals surface area contributed by atoms with Crippen LogP contribution in [0.3, 0.4) is 0 Å². The number of likely N-dealkylation sites (tertiary alicyclic amines) is 1. The number of halogens is 5. The first-order valence-corrected chi connectivity index (χ1v) is 10.8. The first kappa shape index (κ1) is 23.0. The number of benzene rings is 2. The molecule has 0 bridgehead atoms. The zero-order valence-electron chi connectivity index (χ0n) is 17.1. The second kappa shape index (κ2) is 8.65. The zero-order valence-corrected chi connectivity index (χ0v) is 17.9. The summed E-state index contributed by atoms with van der Waals surface area (Å²) in [4.78, 5) is 14.5. The summed E-state index contributed by atoms with van der Waals surface area (Å²) in [5.74, 6) is -0.915. The molecule has 4 nitrogen and oxygen atoms in total. The molecule has 1 unspecified atom stereocenters. The van der Waals surface area contributed by atoms with Crippen molar-refractivity contribution in [2.45, 2.75) is 37.6 Å². The minimum Gasteiger partial charge on any atom is -0.387 e. The van der Waals surface area contributed by atoms with Crippen molar-refractivity contribution in [2.75, 3.05) is 19.6 Å². The second-order valence-corrected chi connectivity index (χ2v) is 9.12. The summed E-state index contributed by atoms with van der Waals surface area (Å²) in [5.41, 5.74) is -0.101. The van der Waals surface area contributed by atoms with E-state index in [1.165, 1.54) is 18.2 Å². The van der Waals surface area contributed by atoms with E-state index in [0.29, 0.717) is 12.1 Å². The van der Waals surface area contributed by atoms with Crippen molar-refractivity contribution < 1.29 is 27.5 Å². The lowest BCUT2D eigenvalue weighted by Gasteiger charge is -2.34. The van der Waals surface area contributed by atoms with Crippen LogP contribution in [0.4, 0.5) is 17.6 Å². The lowest BCUT2D eigenvalue weighted by atomic mass is 9.92. The van der Waals surface area contributed by atoms with Gasteiger partial charge in [0, 0.05) is 23.2 Å². The predicted molar refractivity (Wildman–Crippen MR) is 112 cm³/mol. The van der Waals surface area contributed by atoms with Gasteiger partial charge in [-0.2, -0.15) is 13.2 Å². The Labute approximate surface area is 188 Å². The van der Waals surface area contributed by atoms with Crippen molar-refractivity contribution in [3.8, 4) is 0 Å². The topological polar surface area (TPSA) is 52.6 Å². The fourth-order valence-corrected chi connectivity index (χ4v) is 4.68. The van der Waals surface area contributed by atoms with Crippen molar-refractivity contribution in [2.24, 2.45) is 5.41 Å². The molecule has 32 heavy (non-hydrogen) atoms. The number of piperidine rings is 1. The third kappa shape index (κ3) is 5.08. The fourth-order valence-electron chi connectivity index (χ4n) is 4.46. The molecule has 172 valence electrons. The van der Waals surface area contributed by atoms with Crippen LogP contribution < -0.4 is 5.32 Å². The molecule has 2 atom stereocenters. The van der Waals surface area contributed by atoms with Gasteiger partial charge in [-0.25, -0.2) is 4.39 Å². The number of aliphatic hydroxyl groups excluding tert-OH is 1. The number of carbonyl (C=O) groups excluding carboxylic acids is 1. The molecule has 1 heterocycles. The lowest BCUT2D eigenvalue weighted by molar-refractivity contribution is -0.137. The van der Waals surface area contributed by atoms with Crippen LogP contribution in [0.5, 0.6) is 0 Å². The quantitative estimate of drug-likeness (QED) is 0.616. The van der Waals surface area contributed by atoms with Gasteiger partial charge in [0.25, 0.3) is 5.91 Å². The maximum absolute atomic E-state index is 13.5. The number of alkyl halides is 3. The summed E-state index contributed by atoms with van der Waals surface area (Å²) < 4.78 is 51.6. The summed E-state index contributed by atoms with van der Waals surface area (Å²) in [6.45, 7) is 1.77. The summed E-state index contributed by atoms with van der Waals surface area (Å²) in [7, 11) is 0. The van der Waals surface area contributed by atoms with Gasteiger partial charge in [-0.15, -0.1) is 0 Å². The highest BCUT2D eigenvalue weighted by Gasteiger charge is 2.55. The minimum absolute atomic E-state index is 0.00257. The SMILES string of the molecule is O=C(NC1CC12CCN(C[C@@H](O)c1ccc(C(F)(F)F)cc1)CC2)c1cc(F)cc(Cl)c1. The molecule has 2 aromatic carbocycles. The molecule has 1 spiro atoms. The summed E-state index contributed by atoms with van der Waals surface area (Å²) in [6, 6.07) is 8.32. The van der Waals surface area contributed by atoms with Gasteiger partial charge < -0.3 is 15.3 Å². The van der Waals surface area contributed by atoms with Crippen molar-refractivity contribution in [3.05, 3.63) is 70.0 Å². The minimum atomic E-state index is -4.40. The molecule has 1 saturated carbocycles. The predicted octanol–water partition coefficient (Wildman–Crippen LogP) is 4.82. The van der Waals surface area contributed by atoms with E-state index in [4.69, 9.17) is 11.6 Å². The van der Waals surface area contributed by atoms with Crippen LogP contribution >= 0.6 is 11.6 Å². The van der Waals surface area contributed by atoms with Gasteiger partial charge in [-0.1, -0.05) is 23.7 Å². The van der Waals surface area contributed by atoms with E-state index in [1.54, 1.807) is 0 Å². The molecular weight excluding hydrogens is 448 g/mol. The highest BCUT2D eigenvalue weighted by Crippen LogP contribution is 2.54. The summed E-state index contributed by atoms with van der Waals surface area (Å²) in [6.07, 6.45) is -2.76. The van der Waals surface area contributed by atoms with E-state index in [9.17, 15) is 27.5 Å². The first-order chi connectivity index (χ1) is 15.1. The number of nitrogens with one attached hydrogen (secondary N) is 1. The number of hydrogen-bond acceptors (Lipinski definition) is 3. The Balaban J connectivity index is 1.27. The normalized spacial score (nSPS) is 21.4. The summed E-state index contributed by atoms with van der Waals surface area (Å²) in [5, 5.41) is 13.6. The van der Waals surface area contributed by atoms with E-state index in [-0.39, 0.29) is 28.0 Å². The molecule has 1 saturated heterocycles. The van der Waals surface area contributed by atoms with Crippen molar-refractivity contribution in [3.63, 3.8) is 0 Å². The second-order valence-electron chi connectivity index (χ2n) is 8.69. The third-order valence-electron chi connectivity index (χ3n) is 6.53. The number of nitrogens with zero attached hydrogens (tertiary/aromatic N) is 1. The van der Waals surface area contributed by atoms with Gasteiger partial charge in [0.2, 0.25) is 0 Å². The van der Waals surface area contributed by atoms with Crippen LogP contribution in [-0.4, -0.2) is 41.6 Å². The maximum Gasteiger partial charge on any atom is 0.416 e. The van der Waals surface area contributed by atoms with Gasteiger partial charge in [-0.05, 0) is 73.7 Å². The lowest BCUT2D eigenvalue weighted by Crippen LogP contribution is -2.40. The Kier molecular flexibility index (Phi) is 6.22. The number of hydrogen-bond donors (Lipinski definition) is 2. The Bertz CT molecular complexity index is 968. The van der Waals surface area contributed by atoms with Crippen LogP contribution in [0.15, 0.2) is 42.5 Å². The van der Waals surface area contributed by atoms with Gasteiger partial charge >= 0.3 is 6.18 Å². The Hall–Kier alpha value is -2.16. The standard InChI is InChI=1S/C23H23ClF4N2O2/c24-17-9-15(10-18(25)11-17)21(32)29-20-12-22(20)5-7-30(8-6-22)13-19(31)14-1-3-16(4-2-14)23(26,27)28/h1-4,9-11,19-20,31H,5-8,12-13H2,(H,29,32)/t19-,20?/m1/s1. The van der Waals surface area contributed by atoms with E-state index < -0.39 is 23.7 Å². The largest absolute Gasteiger partial charge is 0.416 e. The zero-order chi connectivity index (χ0) is 23.1. The van der Waals surface area contributed by atoms with Crippen molar-refractivity contribution in [1.82, 2.24) is 10.2 Å². The van der Waals surface area contributed by atoms with Crippen molar-refractivity contribution >= 4 is 17.5 Å². The molecule has 9 heteroatoms. The first-order valence-electron chi connectivity index (χ1n) is 10.4. The number of β-amino-alcohol motifs (C(OH)–C–C–N with tert-alkyl or cyclic N) is 1. The molecular formula is C23H23ClF4N2O2. The molecule has 1 aliphatic heterocycles. The van der Waals surface area contributed by atoms with Crippen LogP contribution in [0.25, 0.3) is 0 Å². The van der Waals surface area contributed by atoms with E-state index in [1.807, 2.05) is 0 Å². The average Bonchev–Trinajstić information content (AvgIpc) is 3.39. The number of aliphatic hydroxyl groups is 1. The van der Waals surface area contributed by atoms with Crippen LogP contribution in [0.1, 0.15) is 46.9 Å². The smallest absolute Gasteiger partial charge is 0.387 e. The van der Waals surface area contributed by atoms with Gasteiger partial charge in [-0.3, -0.25) is 4.79 Å². The molecule has 0 aromatic heterocycles. The van der Waals surface area contributed by atoms with Gasteiger partial charge in [0.15, 0.2) is 0 Å². The van der Waals surface area contributed by atoms with E-state index in [2.05, 4.69) is 10.2 Å². The Morgan fingerprint density at radius 2 is 1.84 bits per heavy atom. The number of carbonyl (C=O) groups is 1. The molecule has 2 fully saturated rings. The van der Waals surface area contributed by atoms with Crippen LogP contribution in [0, 0.1) is 11.2 Å². The molecule has 2 aliphatic rings. The molecule has 2 N–H and O–H groups in total. The molecule has 0 radical (unpaired) electrons. The Morgan fingerprint density at radius 3 is 2.44 bits per heavy atom. The molecule has 4 rings (SSSR count). The Morgan fingerprint density at radius 1 is 1.19 bits per heavy atom. The molecule has 1 amide bonds. The number of amides is 1. The van der Waals surface area contributed by atoms with Crippen LogP contribution in [-0.2, 0) is 6.18 Å². The summed E-state index contributed by atoms with van der Waals surface area (Å²) >= 11 is 5.82. The van der Waals surface area contributed by atoms with E-state index in [0.717, 1.165) is 56.6 Å². The highest BCUT2D eigenvalue weighted by molar-refractivity contribution is 6.31. The highest BCUT2D eigenvalue weighted by atomic mass is 35.5. The molecule has 1 aliphatic carbocycles. The maximum atomic E-state index is 13.5. The van der Waals surface area contributed by atoms with Gasteiger partial charge in [0.05, 0.1) is 11.7 Å². The monoisotopic (exact) mass is 470 g/mol. The molecule has 2 aromatic rings. The van der Waals surface area contributed by atoms with E-state index >= 15 is 0 Å². The average molecular weight is 471 g/mol.